The summed E-state index contributed by atoms with van der Waals surface area (Å²) in [6.45, 7) is 0. The van der Waals surface area contributed by atoms with Crippen LogP contribution in [0.2, 0.25) is 0 Å². The van der Waals surface area contributed by atoms with Crippen molar-refractivity contribution < 1.29 is 9.18 Å². The van der Waals surface area contributed by atoms with E-state index in [0.29, 0.717) is 28.7 Å². The molecular weight excluding hydrogens is 377 g/mol. The first-order valence-electron chi connectivity index (χ1n) is 8.80. The fourth-order valence-electron chi connectivity index (χ4n) is 2.93. The van der Waals surface area contributed by atoms with Crippen molar-refractivity contribution >= 4 is 22.8 Å². The maximum atomic E-state index is 13.9. The molecule has 1 aliphatic rings. The zero-order chi connectivity index (χ0) is 19.5. The van der Waals surface area contributed by atoms with Crippen LogP contribution in [-0.2, 0) is 10.5 Å². The first-order chi connectivity index (χ1) is 13.6. The molecule has 0 fully saturated rings. The maximum Gasteiger partial charge on any atom is 0.230 e. The summed E-state index contributed by atoms with van der Waals surface area (Å²) in [6.07, 6.45) is 2.04. The van der Waals surface area contributed by atoms with E-state index >= 15 is 0 Å². The molecule has 1 atom stereocenters. The minimum Gasteiger partial charge on any atom is -0.295 e. The normalized spacial score (nSPS) is 16.9. The van der Waals surface area contributed by atoms with Gasteiger partial charge in [0.15, 0.2) is 5.17 Å². The van der Waals surface area contributed by atoms with Gasteiger partial charge < -0.3 is 0 Å². The summed E-state index contributed by atoms with van der Waals surface area (Å²) in [6, 6.07) is 16.0. The number of carbonyl (C=O) groups is 1. The van der Waals surface area contributed by atoms with Gasteiger partial charge in [-0.1, -0.05) is 59.4 Å². The van der Waals surface area contributed by atoms with Gasteiger partial charge in [0.1, 0.15) is 11.5 Å². The van der Waals surface area contributed by atoms with Crippen LogP contribution < -0.4 is 0 Å². The molecule has 6 nitrogen and oxygen atoms in total. The second-order valence-electron chi connectivity index (χ2n) is 6.39. The zero-order valence-corrected chi connectivity index (χ0v) is 16.0. The molecule has 1 amide bonds. The van der Waals surface area contributed by atoms with Crippen molar-refractivity contribution in [3.63, 3.8) is 0 Å². The number of halogens is 1. The molecular formula is C20H18FN5OS. The lowest BCUT2D eigenvalue weighted by molar-refractivity contribution is -0.127. The van der Waals surface area contributed by atoms with Gasteiger partial charge in [0.2, 0.25) is 5.91 Å². The van der Waals surface area contributed by atoms with E-state index in [-0.39, 0.29) is 17.8 Å². The minimum absolute atomic E-state index is 0.0290. The number of hydrogen-bond acceptors (Lipinski definition) is 5. The number of aromatic nitrogens is 3. The Labute approximate surface area is 166 Å². The van der Waals surface area contributed by atoms with Crippen molar-refractivity contribution in [1.29, 1.82) is 0 Å². The minimum atomic E-state index is -0.362. The lowest BCUT2D eigenvalue weighted by Gasteiger charge is -2.27. The molecule has 4 rings (SSSR count). The Balaban J connectivity index is 1.50. The lowest BCUT2D eigenvalue weighted by atomic mass is 10.0. The number of carbonyl (C=O) groups excluding carboxylic acids is 1. The van der Waals surface area contributed by atoms with Crippen LogP contribution in [0.3, 0.4) is 0 Å². The third-order valence-corrected chi connectivity index (χ3v) is 5.55. The standard InChI is InChI=1S/C20H18FN5OS/c1-25-19(27)11-17(14-7-3-2-4-8-14)22-20(25)28-13-15-12-26(24-23-15)18-10-6-5-9-16(18)21/h2-10,12,17H,11,13H2,1H3. The monoisotopic (exact) mass is 395 g/mol. The number of amidine groups is 1. The molecule has 0 spiro atoms. The van der Waals surface area contributed by atoms with Crippen LogP contribution in [0, 0.1) is 5.82 Å². The van der Waals surface area contributed by atoms with Crippen molar-refractivity contribution in [3.05, 3.63) is 77.9 Å². The zero-order valence-electron chi connectivity index (χ0n) is 15.2. The van der Waals surface area contributed by atoms with Crippen LogP contribution in [0.15, 0.2) is 65.8 Å². The van der Waals surface area contributed by atoms with E-state index in [1.54, 1.807) is 36.3 Å². The number of amides is 1. The molecule has 2 aromatic carbocycles. The van der Waals surface area contributed by atoms with Crippen molar-refractivity contribution in [2.45, 2.75) is 18.2 Å². The van der Waals surface area contributed by atoms with Gasteiger partial charge in [-0.2, -0.15) is 0 Å². The third-order valence-electron chi connectivity index (χ3n) is 4.47. The second kappa shape index (κ2) is 7.93. The Morgan fingerprint density at radius 3 is 2.68 bits per heavy atom. The van der Waals surface area contributed by atoms with Crippen LogP contribution in [0.4, 0.5) is 4.39 Å². The Kier molecular flexibility index (Phi) is 5.21. The summed E-state index contributed by atoms with van der Waals surface area (Å²) >= 11 is 1.42. The molecule has 0 bridgehead atoms. The summed E-state index contributed by atoms with van der Waals surface area (Å²) < 4.78 is 15.3. The predicted octanol–water partition coefficient (Wildman–Crippen LogP) is 3.60. The SMILES string of the molecule is CN1C(=O)CC(c2ccccc2)N=C1SCc1cn(-c2ccccc2F)nn1. The maximum absolute atomic E-state index is 13.9. The Bertz CT molecular complexity index is 1020. The number of rotatable bonds is 4. The highest BCUT2D eigenvalue weighted by Crippen LogP contribution is 2.29. The van der Waals surface area contributed by atoms with Gasteiger partial charge in [0.25, 0.3) is 0 Å². The molecule has 8 heteroatoms. The van der Waals surface area contributed by atoms with Gasteiger partial charge in [0, 0.05) is 12.8 Å². The average Bonchev–Trinajstić information content (AvgIpc) is 3.19. The number of aliphatic imine (C=N–C) groups is 1. The van der Waals surface area contributed by atoms with Gasteiger partial charge in [-0.3, -0.25) is 14.7 Å². The van der Waals surface area contributed by atoms with E-state index in [9.17, 15) is 9.18 Å². The van der Waals surface area contributed by atoms with Crippen LogP contribution in [-0.4, -0.2) is 38.0 Å². The summed E-state index contributed by atoms with van der Waals surface area (Å²) in [5.41, 5.74) is 2.05. The molecule has 0 radical (unpaired) electrons. The van der Waals surface area contributed by atoms with Crippen molar-refractivity contribution in [1.82, 2.24) is 19.9 Å². The highest BCUT2D eigenvalue weighted by molar-refractivity contribution is 8.13. The molecule has 0 saturated heterocycles. The highest BCUT2D eigenvalue weighted by atomic mass is 32.2. The van der Waals surface area contributed by atoms with E-state index in [0.717, 1.165) is 5.56 Å². The Morgan fingerprint density at radius 2 is 1.89 bits per heavy atom. The van der Waals surface area contributed by atoms with Crippen LogP contribution in [0.1, 0.15) is 23.7 Å². The van der Waals surface area contributed by atoms with Gasteiger partial charge in [0.05, 0.1) is 24.4 Å². The third kappa shape index (κ3) is 3.82. The molecule has 142 valence electrons. The quantitative estimate of drug-likeness (QED) is 0.677. The number of nitrogens with zero attached hydrogens (tertiary/aromatic N) is 5. The topological polar surface area (TPSA) is 63.4 Å². The fraction of sp³-hybridized carbons (Fsp3) is 0.200. The van der Waals surface area contributed by atoms with Crippen molar-refractivity contribution in [3.8, 4) is 5.69 Å². The first-order valence-corrected chi connectivity index (χ1v) is 9.78. The molecule has 1 aromatic heterocycles. The molecule has 1 unspecified atom stereocenters. The van der Waals surface area contributed by atoms with Gasteiger partial charge >= 0.3 is 0 Å². The summed E-state index contributed by atoms with van der Waals surface area (Å²) in [5, 5.41) is 8.75. The largest absolute Gasteiger partial charge is 0.295 e. The predicted molar refractivity (Wildman–Crippen MR) is 107 cm³/mol. The van der Waals surface area contributed by atoms with Gasteiger partial charge in [-0.05, 0) is 17.7 Å². The van der Waals surface area contributed by atoms with E-state index in [2.05, 4.69) is 10.3 Å². The van der Waals surface area contributed by atoms with Gasteiger partial charge in [-0.25, -0.2) is 9.07 Å². The number of thioether (sulfide) groups is 1. The number of para-hydroxylation sites is 1. The Hall–Kier alpha value is -3.00. The molecule has 3 aromatic rings. The highest BCUT2D eigenvalue weighted by Gasteiger charge is 2.27. The molecule has 0 saturated carbocycles. The lowest BCUT2D eigenvalue weighted by Crippen LogP contribution is -2.36. The first kappa shape index (κ1) is 18.4. The van der Waals surface area contributed by atoms with Gasteiger partial charge in [-0.15, -0.1) is 5.10 Å². The molecule has 0 aliphatic carbocycles. The summed E-state index contributed by atoms with van der Waals surface area (Å²) in [7, 11) is 1.73. The smallest absolute Gasteiger partial charge is 0.230 e. The van der Waals surface area contributed by atoms with Crippen LogP contribution in [0.5, 0.6) is 0 Å². The van der Waals surface area contributed by atoms with E-state index in [1.165, 1.54) is 22.5 Å². The number of benzene rings is 2. The second-order valence-corrected chi connectivity index (χ2v) is 7.33. The van der Waals surface area contributed by atoms with Crippen molar-refractivity contribution in [2.24, 2.45) is 4.99 Å². The van der Waals surface area contributed by atoms with Crippen molar-refractivity contribution in [2.75, 3.05) is 7.05 Å². The molecule has 0 N–H and O–H groups in total. The van der Waals surface area contributed by atoms with E-state index < -0.39 is 0 Å². The molecule has 2 heterocycles. The molecule has 1 aliphatic heterocycles. The fourth-order valence-corrected chi connectivity index (χ4v) is 3.84. The van der Waals surface area contributed by atoms with E-state index in [4.69, 9.17) is 4.99 Å². The Morgan fingerprint density at radius 1 is 1.14 bits per heavy atom. The summed E-state index contributed by atoms with van der Waals surface area (Å²) in [5.74, 6) is 0.146. The van der Waals surface area contributed by atoms with Crippen LogP contribution >= 0.6 is 11.8 Å². The average molecular weight is 395 g/mol. The summed E-state index contributed by atoms with van der Waals surface area (Å²) in [4.78, 5) is 18.7. The molecule has 28 heavy (non-hydrogen) atoms. The van der Waals surface area contributed by atoms with E-state index in [1.807, 2.05) is 30.3 Å². The number of hydrogen-bond donors (Lipinski definition) is 0. The van der Waals surface area contributed by atoms with Crippen LogP contribution in [0.25, 0.3) is 5.69 Å².